The van der Waals surface area contributed by atoms with Gasteiger partial charge in [0.1, 0.15) is 6.07 Å². The summed E-state index contributed by atoms with van der Waals surface area (Å²) in [5.41, 5.74) is 1.51. The zero-order valence-electron chi connectivity index (χ0n) is 14.3. The maximum Gasteiger partial charge on any atom is 0.405 e. The maximum atomic E-state index is 11.1. The molecule has 1 unspecified atom stereocenters. The van der Waals surface area contributed by atoms with E-state index in [4.69, 9.17) is 9.52 Å². The van der Waals surface area contributed by atoms with E-state index in [2.05, 4.69) is 26.3 Å². The number of carboxylic acid groups (broad SMARTS) is 1. The van der Waals surface area contributed by atoms with Gasteiger partial charge in [-0.3, -0.25) is 0 Å². The van der Waals surface area contributed by atoms with Crippen LogP contribution in [-0.2, 0) is 0 Å². The highest BCUT2D eigenvalue weighted by molar-refractivity contribution is 5.87. The van der Waals surface area contributed by atoms with E-state index >= 15 is 0 Å². The van der Waals surface area contributed by atoms with Crippen LogP contribution in [0.25, 0.3) is 22.2 Å². The summed E-state index contributed by atoms with van der Waals surface area (Å²) in [6.07, 6.45) is 2.29. The molecule has 8 heteroatoms. The Morgan fingerprint density at radius 1 is 1.38 bits per heavy atom. The van der Waals surface area contributed by atoms with E-state index in [1.165, 1.54) is 6.39 Å². The SMILES string of the molecule is CC(C)CC(NC(=O)O)c1nc(C#N)c2cc(-c3cnco3)ccc2n1. The van der Waals surface area contributed by atoms with Crippen LogP contribution in [0.15, 0.2) is 35.2 Å². The van der Waals surface area contributed by atoms with Gasteiger partial charge in [0.25, 0.3) is 0 Å². The molecule has 2 N–H and O–H groups in total. The molecule has 26 heavy (non-hydrogen) atoms. The van der Waals surface area contributed by atoms with Crippen molar-refractivity contribution in [2.45, 2.75) is 26.3 Å². The first kappa shape index (κ1) is 17.4. The molecule has 0 aliphatic heterocycles. The third kappa shape index (κ3) is 3.62. The Morgan fingerprint density at radius 3 is 2.81 bits per heavy atom. The largest absolute Gasteiger partial charge is 0.465 e. The quantitative estimate of drug-likeness (QED) is 0.720. The molecule has 1 amide bonds. The highest BCUT2D eigenvalue weighted by Crippen LogP contribution is 2.27. The Labute approximate surface area is 149 Å². The molecule has 0 saturated heterocycles. The fourth-order valence-electron chi connectivity index (χ4n) is 2.75. The van der Waals surface area contributed by atoms with E-state index < -0.39 is 12.1 Å². The van der Waals surface area contributed by atoms with Gasteiger partial charge in [-0.25, -0.2) is 19.7 Å². The molecule has 8 nitrogen and oxygen atoms in total. The van der Waals surface area contributed by atoms with Gasteiger partial charge in [0.2, 0.25) is 0 Å². The number of fused-ring (bicyclic) bond motifs is 1. The van der Waals surface area contributed by atoms with Gasteiger partial charge in [-0.15, -0.1) is 0 Å². The third-order valence-corrected chi connectivity index (χ3v) is 3.85. The topological polar surface area (TPSA) is 125 Å². The second-order valence-electron chi connectivity index (χ2n) is 6.27. The molecular weight excluding hydrogens is 334 g/mol. The summed E-state index contributed by atoms with van der Waals surface area (Å²) >= 11 is 0. The van der Waals surface area contributed by atoms with Crippen LogP contribution in [0.4, 0.5) is 4.79 Å². The van der Waals surface area contributed by atoms with Crippen LogP contribution in [0.2, 0.25) is 0 Å². The first-order valence-corrected chi connectivity index (χ1v) is 8.08. The second-order valence-corrected chi connectivity index (χ2v) is 6.27. The first-order valence-electron chi connectivity index (χ1n) is 8.08. The lowest BCUT2D eigenvalue weighted by Crippen LogP contribution is -2.29. The summed E-state index contributed by atoms with van der Waals surface area (Å²) in [6.45, 7) is 3.96. The summed E-state index contributed by atoms with van der Waals surface area (Å²) in [5.74, 6) is 1.09. The first-order chi connectivity index (χ1) is 12.5. The van der Waals surface area contributed by atoms with Crippen molar-refractivity contribution in [1.82, 2.24) is 20.3 Å². The number of nitrogens with one attached hydrogen (secondary N) is 1. The lowest BCUT2D eigenvalue weighted by atomic mass is 10.0. The molecule has 1 aromatic carbocycles. The number of nitrogens with zero attached hydrogens (tertiary/aromatic N) is 4. The van der Waals surface area contributed by atoms with E-state index in [0.29, 0.717) is 23.1 Å². The minimum absolute atomic E-state index is 0.187. The van der Waals surface area contributed by atoms with Crippen molar-refractivity contribution in [3.8, 4) is 17.4 Å². The van der Waals surface area contributed by atoms with Gasteiger partial charge in [0, 0.05) is 10.9 Å². The molecular formula is C18H17N5O3. The molecule has 0 radical (unpaired) electrons. The minimum Gasteiger partial charge on any atom is -0.465 e. The van der Waals surface area contributed by atoms with Crippen LogP contribution in [-0.4, -0.2) is 26.2 Å². The molecule has 0 spiro atoms. The summed E-state index contributed by atoms with van der Waals surface area (Å²) in [4.78, 5) is 23.8. The normalized spacial score (nSPS) is 12.1. The van der Waals surface area contributed by atoms with Gasteiger partial charge in [0.05, 0.1) is 17.8 Å². The fraction of sp³-hybridized carbons (Fsp3) is 0.278. The van der Waals surface area contributed by atoms with Crippen molar-refractivity contribution in [3.05, 3.63) is 42.3 Å². The smallest absolute Gasteiger partial charge is 0.405 e. The summed E-state index contributed by atoms with van der Waals surface area (Å²) in [7, 11) is 0. The molecule has 132 valence electrons. The van der Waals surface area contributed by atoms with Crippen LogP contribution in [0, 0.1) is 17.2 Å². The van der Waals surface area contributed by atoms with Crippen molar-refractivity contribution >= 4 is 17.0 Å². The number of hydrogen-bond donors (Lipinski definition) is 2. The standard InChI is InChI=1S/C18H17N5O3/c1-10(2)5-14(23-18(24)25)17-21-13-4-3-11(16-8-20-9-26-16)6-12(13)15(7-19)22-17/h3-4,6,8-10,14,23H,5H2,1-2H3,(H,24,25). The van der Waals surface area contributed by atoms with Gasteiger partial charge in [-0.2, -0.15) is 5.26 Å². The number of amides is 1. The van der Waals surface area contributed by atoms with Gasteiger partial charge < -0.3 is 14.8 Å². The Morgan fingerprint density at radius 2 is 2.19 bits per heavy atom. The molecule has 0 fully saturated rings. The van der Waals surface area contributed by atoms with E-state index in [-0.39, 0.29) is 17.4 Å². The molecule has 0 saturated carbocycles. The summed E-state index contributed by atoms with van der Waals surface area (Å²) < 4.78 is 5.28. The zero-order chi connectivity index (χ0) is 18.7. The zero-order valence-corrected chi connectivity index (χ0v) is 14.3. The molecule has 2 heterocycles. The Balaban J connectivity index is 2.09. The number of hydrogen-bond acceptors (Lipinski definition) is 6. The van der Waals surface area contributed by atoms with Crippen molar-refractivity contribution in [1.29, 1.82) is 5.26 Å². The number of rotatable bonds is 5. The van der Waals surface area contributed by atoms with Crippen LogP contribution in [0.1, 0.15) is 37.8 Å². The fourth-order valence-corrected chi connectivity index (χ4v) is 2.75. The highest BCUT2D eigenvalue weighted by Gasteiger charge is 2.21. The van der Waals surface area contributed by atoms with Crippen LogP contribution in [0.5, 0.6) is 0 Å². The maximum absolute atomic E-state index is 11.1. The van der Waals surface area contributed by atoms with Gasteiger partial charge in [0.15, 0.2) is 23.7 Å². The Hall–Kier alpha value is -3.47. The van der Waals surface area contributed by atoms with E-state index in [0.717, 1.165) is 5.56 Å². The van der Waals surface area contributed by atoms with E-state index in [1.54, 1.807) is 18.3 Å². The Kier molecular flexibility index (Phi) is 4.80. The van der Waals surface area contributed by atoms with Crippen LogP contribution >= 0.6 is 0 Å². The minimum atomic E-state index is -1.15. The summed E-state index contributed by atoms with van der Waals surface area (Å²) in [6, 6.07) is 6.82. The van der Waals surface area contributed by atoms with Crippen molar-refractivity contribution in [2.24, 2.45) is 5.92 Å². The van der Waals surface area contributed by atoms with Crippen LogP contribution in [0.3, 0.4) is 0 Å². The molecule has 0 aliphatic rings. The van der Waals surface area contributed by atoms with Gasteiger partial charge in [-0.05, 0) is 30.5 Å². The van der Waals surface area contributed by atoms with Gasteiger partial charge in [-0.1, -0.05) is 13.8 Å². The van der Waals surface area contributed by atoms with Crippen molar-refractivity contribution in [2.75, 3.05) is 0 Å². The molecule has 3 rings (SSSR count). The monoisotopic (exact) mass is 351 g/mol. The molecule has 0 aliphatic carbocycles. The number of benzene rings is 1. The van der Waals surface area contributed by atoms with E-state index in [9.17, 15) is 10.1 Å². The molecule has 1 atom stereocenters. The molecule has 0 bridgehead atoms. The van der Waals surface area contributed by atoms with E-state index in [1.807, 2.05) is 19.9 Å². The van der Waals surface area contributed by atoms with Gasteiger partial charge >= 0.3 is 6.09 Å². The van der Waals surface area contributed by atoms with Crippen molar-refractivity contribution < 1.29 is 14.3 Å². The average molecular weight is 351 g/mol. The number of aromatic nitrogens is 3. The summed E-state index contributed by atoms with van der Waals surface area (Å²) in [5, 5.41) is 21.6. The average Bonchev–Trinajstić information content (AvgIpc) is 3.13. The number of oxazole rings is 1. The number of nitriles is 1. The predicted octanol–water partition coefficient (Wildman–Crippen LogP) is 3.51. The molecule has 2 aromatic heterocycles. The Bertz CT molecular complexity index is 976. The highest BCUT2D eigenvalue weighted by atomic mass is 16.4. The molecule has 3 aromatic rings. The number of carbonyl (C=O) groups is 1. The van der Waals surface area contributed by atoms with Crippen molar-refractivity contribution in [3.63, 3.8) is 0 Å². The third-order valence-electron chi connectivity index (χ3n) is 3.85. The second kappa shape index (κ2) is 7.19. The predicted molar refractivity (Wildman–Crippen MR) is 93.1 cm³/mol. The lowest BCUT2D eigenvalue weighted by Gasteiger charge is -2.18. The van der Waals surface area contributed by atoms with Crippen LogP contribution < -0.4 is 5.32 Å². The lowest BCUT2D eigenvalue weighted by molar-refractivity contribution is 0.187.